The van der Waals surface area contributed by atoms with Crippen LogP contribution in [0.3, 0.4) is 0 Å². The molecule has 0 unspecified atom stereocenters. The number of nitrogens with zero attached hydrogens (tertiary/aromatic N) is 1. The fourth-order valence-corrected chi connectivity index (χ4v) is 4.33. The second kappa shape index (κ2) is 6.70. The number of nitrogens with one attached hydrogen (secondary N) is 1. The maximum absolute atomic E-state index is 12.8. The summed E-state index contributed by atoms with van der Waals surface area (Å²) in [5.74, 6) is 0.364. The molecule has 1 aromatic heterocycles. The van der Waals surface area contributed by atoms with Gasteiger partial charge in [-0.25, -0.2) is 8.42 Å². The minimum atomic E-state index is -3.28. The summed E-state index contributed by atoms with van der Waals surface area (Å²) >= 11 is 0. The molecule has 7 heteroatoms. The number of likely N-dealkylation sites (tertiary alicyclic amines) is 1. The summed E-state index contributed by atoms with van der Waals surface area (Å²) in [6.45, 7) is 4.98. The Balaban J connectivity index is 1.73. The molecule has 2 N–H and O–H groups in total. The Kier molecular flexibility index (Phi) is 4.88. The van der Waals surface area contributed by atoms with Gasteiger partial charge in [-0.3, -0.25) is 4.79 Å². The number of hydrogen-bond donors (Lipinski definition) is 2. The van der Waals surface area contributed by atoms with E-state index in [1.54, 1.807) is 24.3 Å². The first-order valence-electron chi connectivity index (χ1n) is 8.87. The van der Waals surface area contributed by atoms with Crippen LogP contribution in [-0.2, 0) is 9.84 Å². The molecule has 0 radical (unpaired) electrons. The second-order valence-electron chi connectivity index (χ2n) is 7.96. The van der Waals surface area contributed by atoms with Gasteiger partial charge in [0.2, 0.25) is 0 Å². The first-order chi connectivity index (χ1) is 12.0. The third-order valence-corrected chi connectivity index (χ3v) is 6.05. The van der Waals surface area contributed by atoms with E-state index in [9.17, 15) is 18.3 Å². The molecule has 1 saturated heterocycles. The molecule has 0 atom stereocenters. The highest BCUT2D eigenvalue weighted by atomic mass is 32.2. The van der Waals surface area contributed by atoms with Crippen molar-refractivity contribution in [1.29, 1.82) is 0 Å². The van der Waals surface area contributed by atoms with Crippen molar-refractivity contribution in [3.05, 3.63) is 30.0 Å². The first kappa shape index (κ1) is 18.9. The number of amides is 1. The Morgan fingerprint density at radius 2 is 1.92 bits per heavy atom. The second-order valence-corrected chi connectivity index (χ2v) is 9.97. The zero-order chi connectivity index (χ0) is 19.1. The number of H-pyrrole nitrogens is 1. The molecule has 26 heavy (non-hydrogen) atoms. The summed E-state index contributed by atoms with van der Waals surface area (Å²) in [7, 11) is -3.28. The van der Waals surface area contributed by atoms with Crippen LogP contribution < -0.4 is 0 Å². The molecule has 1 aromatic carbocycles. The molecular weight excluding hydrogens is 352 g/mol. The van der Waals surface area contributed by atoms with Crippen molar-refractivity contribution >= 4 is 26.6 Å². The predicted molar refractivity (Wildman–Crippen MR) is 101 cm³/mol. The number of carbonyl (C=O) groups is 1. The maximum atomic E-state index is 12.8. The number of aromatic nitrogens is 1. The molecule has 6 nitrogen and oxygen atoms in total. The fraction of sp³-hybridized carbons (Fsp3) is 0.526. The zero-order valence-corrected chi connectivity index (χ0v) is 16.3. The number of piperidine rings is 1. The van der Waals surface area contributed by atoms with Crippen LogP contribution in [-0.4, -0.2) is 54.3 Å². The summed E-state index contributed by atoms with van der Waals surface area (Å²) in [4.78, 5) is 17.9. The zero-order valence-electron chi connectivity index (χ0n) is 15.4. The number of sulfone groups is 1. The first-order valence-corrected chi connectivity index (χ1v) is 10.8. The van der Waals surface area contributed by atoms with E-state index in [4.69, 9.17) is 0 Å². The molecule has 1 fully saturated rings. The highest BCUT2D eigenvalue weighted by molar-refractivity contribution is 7.90. The third kappa shape index (κ3) is 4.27. The topological polar surface area (TPSA) is 90.5 Å². The predicted octanol–water partition coefficient (Wildman–Crippen LogP) is 2.58. The summed E-state index contributed by atoms with van der Waals surface area (Å²) in [6, 6.07) is 6.55. The van der Waals surface area contributed by atoms with E-state index in [1.165, 1.54) is 6.26 Å². The average molecular weight is 378 g/mol. The van der Waals surface area contributed by atoms with Crippen molar-refractivity contribution in [1.82, 2.24) is 9.88 Å². The van der Waals surface area contributed by atoms with Crippen molar-refractivity contribution in [2.24, 2.45) is 5.92 Å². The van der Waals surface area contributed by atoms with Crippen LogP contribution in [0.15, 0.2) is 29.2 Å². The van der Waals surface area contributed by atoms with Crippen LogP contribution in [0, 0.1) is 5.92 Å². The van der Waals surface area contributed by atoms with Gasteiger partial charge < -0.3 is 15.0 Å². The minimum Gasteiger partial charge on any atom is -0.390 e. The molecule has 0 spiro atoms. The largest absolute Gasteiger partial charge is 0.390 e. The van der Waals surface area contributed by atoms with Gasteiger partial charge >= 0.3 is 0 Å². The number of carbonyl (C=O) groups excluding carboxylic acids is 1. The van der Waals surface area contributed by atoms with E-state index < -0.39 is 15.4 Å². The Morgan fingerprint density at radius 3 is 2.50 bits per heavy atom. The van der Waals surface area contributed by atoms with Crippen LogP contribution >= 0.6 is 0 Å². The Morgan fingerprint density at radius 1 is 1.27 bits per heavy atom. The number of benzene rings is 1. The van der Waals surface area contributed by atoms with Crippen LogP contribution in [0.2, 0.25) is 0 Å². The summed E-state index contributed by atoms with van der Waals surface area (Å²) in [5.41, 5.74) is 0.551. The maximum Gasteiger partial charge on any atom is 0.270 e. The molecule has 1 amide bonds. The van der Waals surface area contributed by atoms with Crippen LogP contribution in [0.4, 0.5) is 0 Å². The molecule has 3 rings (SSSR count). The highest BCUT2D eigenvalue weighted by Gasteiger charge is 2.28. The molecule has 1 aliphatic rings. The van der Waals surface area contributed by atoms with Crippen molar-refractivity contribution in [2.75, 3.05) is 19.3 Å². The number of hydrogen-bond acceptors (Lipinski definition) is 4. The molecular formula is C19H26N2O4S. The lowest BCUT2D eigenvalue weighted by molar-refractivity contribution is 0.0357. The lowest BCUT2D eigenvalue weighted by atomic mass is 9.86. The Labute approximate surface area is 154 Å². The normalized spacial score (nSPS) is 17.0. The van der Waals surface area contributed by atoms with E-state index in [2.05, 4.69) is 4.98 Å². The third-order valence-electron chi connectivity index (χ3n) is 4.94. The van der Waals surface area contributed by atoms with Crippen LogP contribution in [0.25, 0.3) is 10.9 Å². The summed E-state index contributed by atoms with van der Waals surface area (Å²) in [5, 5.41) is 10.7. The van der Waals surface area contributed by atoms with Gasteiger partial charge in [0.15, 0.2) is 9.84 Å². The van der Waals surface area contributed by atoms with Crippen molar-refractivity contribution < 1.29 is 18.3 Å². The summed E-state index contributed by atoms with van der Waals surface area (Å²) in [6.07, 6.45) is 3.68. The van der Waals surface area contributed by atoms with E-state index in [0.717, 1.165) is 24.8 Å². The van der Waals surface area contributed by atoms with Gasteiger partial charge in [0, 0.05) is 30.2 Å². The smallest absolute Gasteiger partial charge is 0.270 e. The quantitative estimate of drug-likeness (QED) is 0.856. The van der Waals surface area contributed by atoms with Gasteiger partial charge in [0.1, 0.15) is 5.69 Å². The molecule has 1 aliphatic heterocycles. The van der Waals surface area contributed by atoms with Crippen molar-refractivity contribution in [3.63, 3.8) is 0 Å². The van der Waals surface area contributed by atoms with Crippen LogP contribution in [0.5, 0.6) is 0 Å². The molecule has 0 aliphatic carbocycles. The lowest BCUT2D eigenvalue weighted by Crippen LogP contribution is -2.40. The molecule has 142 valence electrons. The van der Waals surface area contributed by atoms with Gasteiger partial charge in [-0.15, -0.1) is 0 Å². The molecule has 0 saturated carbocycles. The van der Waals surface area contributed by atoms with Gasteiger partial charge in [0.05, 0.1) is 10.5 Å². The number of rotatable bonds is 4. The molecule has 2 aromatic rings. The standard InChI is InChI=1S/C19H26N2O4S/c1-19(2,23)12-13-6-8-21(9-7-13)18(22)17-11-14-10-15(26(3,24)25)4-5-16(14)20-17/h4-5,10-11,13,20,23H,6-9,12H2,1-3H3. The van der Waals surface area contributed by atoms with Gasteiger partial charge in [-0.05, 0) is 63.3 Å². The number of aliphatic hydroxyl groups is 1. The number of fused-ring (bicyclic) bond motifs is 1. The fourth-order valence-electron chi connectivity index (χ4n) is 3.67. The van der Waals surface area contributed by atoms with E-state index in [-0.39, 0.29) is 10.8 Å². The van der Waals surface area contributed by atoms with E-state index in [0.29, 0.717) is 30.1 Å². The highest BCUT2D eigenvalue weighted by Crippen LogP contribution is 2.27. The number of aromatic amines is 1. The molecule has 2 heterocycles. The van der Waals surface area contributed by atoms with Crippen LogP contribution in [0.1, 0.15) is 43.6 Å². The monoisotopic (exact) mass is 378 g/mol. The SMILES string of the molecule is CC(C)(O)CC1CCN(C(=O)c2cc3cc(S(C)(=O)=O)ccc3[nH]2)CC1. The van der Waals surface area contributed by atoms with Gasteiger partial charge in [0.25, 0.3) is 5.91 Å². The minimum absolute atomic E-state index is 0.0659. The molecule has 0 bridgehead atoms. The van der Waals surface area contributed by atoms with E-state index in [1.807, 2.05) is 18.7 Å². The van der Waals surface area contributed by atoms with E-state index >= 15 is 0 Å². The Hall–Kier alpha value is -1.86. The van der Waals surface area contributed by atoms with Crippen molar-refractivity contribution in [2.45, 2.75) is 43.6 Å². The summed E-state index contributed by atoms with van der Waals surface area (Å²) < 4.78 is 23.4. The van der Waals surface area contributed by atoms with Gasteiger partial charge in [-0.2, -0.15) is 0 Å². The lowest BCUT2D eigenvalue weighted by Gasteiger charge is -2.34. The van der Waals surface area contributed by atoms with Gasteiger partial charge in [-0.1, -0.05) is 0 Å². The van der Waals surface area contributed by atoms with Crippen molar-refractivity contribution in [3.8, 4) is 0 Å². The Bertz CT molecular complexity index is 917. The average Bonchev–Trinajstić information content (AvgIpc) is 2.95.